The maximum absolute atomic E-state index is 12.0. The van der Waals surface area contributed by atoms with E-state index in [4.69, 9.17) is 4.74 Å². The van der Waals surface area contributed by atoms with Crippen LogP contribution >= 0.6 is 0 Å². The normalized spacial score (nSPS) is 24.5. The van der Waals surface area contributed by atoms with Crippen molar-refractivity contribution in [1.29, 1.82) is 0 Å². The number of sulfone groups is 1. The van der Waals surface area contributed by atoms with Crippen LogP contribution in [0.3, 0.4) is 0 Å². The van der Waals surface area contributed by atoms with Crippen LogP contribution in [-0.4, -0.2) is 33.4 Å². The Hall–Kier alpha value is -1.85. The molecule has 1 unspecified atom stereocenters. The van der Waals surface area contributed by atoms with Gasteiger partial charge in [-0.05, 0) is 49.4 Å². The summed E-state index contributed by atoms with van der Waals surface area (Å²) in [4.78, 5) is 0.345. The minimum absolute atomic E-state index is 0.259. The monoisotopic (exact) mass is 357 g/mol. The predicted octanol–water partition coefficient (Wildman–Crippen LogP) is 3.12. The average molecular weight is 357 g/mol. The molecule has 4 nitrogen and oxygen atoms in total. The summed E-state index contributed by atoms with van der Waals surface area (Å²) in [7, 11) is -3.25. The molecular formula is C20H23NO3S. The van der Waals surface area contributed by atoms with E-state index in [-0.39, 0.29) is 11.5 Å². The maximum Gasteiger partial charge on any atom is 0.175 e. The standard InChI is InChI=1S/C20H23NO3S/c1-25(22,23)16-7-8-19-17(13-16)18(15-5-3-2-4-6-15)14-20(24-19)9-11-21-12-10-20/h2-5,7-8,13-15,21H,6,9-12H2,1H3. The average Bonchev–Trinajstić information content (AvgIpc) is 2.61. The molecule has 1 aromatic carbocycles. The first-order chi connectivity index (χ1) is 12.0. The van der Waals surface area contributed by atoms with Crippen molar-refractivity contribution in [1.82, 2.24) is 5.32 Å². The maximum atomic E-state index is 12.0. The molecule has 0 saturated carbocycles. The Kier molecular flexibility index (Phi) is 4.08. The van der Waals surface area contributed by atoms with Crippen LogP contribution in [0.4, 0.5) is 0 Å². The Morgan fingerprint density at radius 1 is 1.20 bits per heavy atom. The zero-order chi connectivity index (χ0) is 17.5. The molecule has 2 aliphatic heterocycles. The number of ether oxygens (including phenoxy) is 1. The number of rotatable bonds is 2. The molecule has 2 heterocycles. The zero-order valence-corrected chi connectivity index (χ0v) is 15.2. The van der Waals surface area contributed by atoms with Gasteiger partial charge in [0.05, 0.1) is 4.90 Å². The molecule has 1 atom stereocenters. The highest BCUT2D eigenvalue weighted by Gasteiger charge is 2.38. The first kappa shape index (κ1) is 16.6. The van der Waals surface area contributed by atoms with Gasteiger partial charge in [-0.25, -0.2) is 8.42 Å². The summed E-state index contributed by atoms with van der Waals surface area (Å²) in [6.07, 6.45) is 14.8. The van der Waals surface area contributed by atoms with Crippen molar-refractivity contribution in [2.24, 2.45) is 5.92 Å². The minimum Gasteiger partial charge on any atom is -0.482 e. The Bertz CT molecular complexity index is 874. The van der Waals surface area contributed by atoms with E-state index in [1.165, 1.54) is 11.8 Å². The van der Waals surface area contributed by atoms with Gasteiger partial charge in [0.1, 0.15) is 11.4 Å². The summed E-state index contributed by atoms with van der Waals surface area (Å²) in [6, 6.07) is 5.25. The molecule has 1 N–H and O–H groups in total. The van der Waals surface area contributed by atoms with Gasteiger partial charge in [-0.15, -0.1) is 0 Å². The second-order valence-corrected chi connectivity index (χ2v) is 9.12. The highest BCUT2D eigenvalue weighted by molar-refractivity contribution is 7.90. The number of nitrogens with one attached hydrogen (secondary N) is 1. The Morgan fingerprint density at radius 3 is 2.68 bits per heavy atom. The van der Waals surface area contributed by atoms with Crippen LogP contribution in [0.1, 0.15) is 24.8 Å². The number of benzene rings is 1. The number of piperidine rings is 1. The van der Waals surface area contributed by atoms with Gasteiger partial charge in [0, 0.05) is 30.6 Å². The van der Waals surface area contributed by atoms with E-state index in [0.717, 1.165) is 43.7 Å². The van der Waals surface area contributed by atoms with Gasteiger partial charge < -0.3 is 10.1 Å². The highest BCUT2D eigenvalue weighted by atomic mass is 32.2. The Balaban J connectivity index is 1.84. The molecule has 0 amide bonds. The van der Waals surface area contributed by atoms with E-state index in [9.17, 15) is 8.42 Å². The first-order valence-electron chi connectivity index (χ1n) is 8.77. The van der Waals surface area contributed by atoms with Gasteiger partial charge in [0.2, 0.25) is 0 Å². The molecule has 0 radical (unpaired) electrons. The fourth-order valence-electron chi connectivity index (χ4n) is 3.88. The number of allylic oxidation sites excluding steroid dienone is 5. The minimum atomic E-state index is -3.25. The quantitative estimate of drug-likeness (QED) is 0.884. The molecule has 3 aliphatic rings. The van der Waals surface area contributed by atoms with Crippen LogP contribution in [-0.2, 0) is 9.84 Å². The van der Waals surface area contributed by atoms with E-state index in [2.05, 4.69) is 35.7 Å². The molecule has 1 aromatic rings. The van der Waals surface area contributed by atoms with Crippen molar-refractivity contribution in [3.63, 3.8) is 0 Å². The lowest BCUT2D eigenvalue weighted by Gasteiger charge is -2.41. The van der Waals surface area contributed by atoms with Crippen LogP contribution in [0, 0.1) is 5.92 Å². The molecule has 1 saturated heterocycles. The second-order valence-electron chi connectivity index (χ2n) is 7.10. The van der Waals surface area contributed by atoms with Crippen molar-refractivity contribution in [3.8, 4) is 5.75 Å². The Labute approximate surface area is 149 Å². The molecule has 25 heavy (non-hydrogen) atoms. The number of hydrogen-bond acceptors (Lipinski definition) is 4. The van der Waals surface area contributed by atoms with Crippen LogP contribution in [0.5, 0.6) is 5.75 Å². The molecular weight excluding hydrogens is 334 g/mol. The lowest BCUT2D eigenvalue weighted by Crippen LogP contribution is -2.46. The van der Waals surface area contributed by atoms with E-state index >= 15 is 0 Å². The summed E-state index contributed by atoms with van der Waals surface area (Å²) in [5.74, 6) is 1.06. The highest BCUT2D eigenvalue weighted by Crippen LogP contribution is 2.45. The number of hydrogen-bond donors (Lipinski definition) is 1. The molecule has 0 bridgehead atoms. The van der Waals surface area contributed by atoms with Gasteiger partial charge in [-0.2, -0.15) is 0 Å². The van der Waals surface area contributed by atoms with Crippen molar-refractivity contribution in [3.05, 3.63) is 54.1 Å². The van der Waals surface area contributed by atoms with Crippen molar-refractivity contribution in [2.75, 3.05) is 19.3 Å². The van der Waals surface area contributed by atoms with E-state index in [1.54, 1.807) is 12.1 Å². The van der Waals surface area contributed by atoms with Crippen LogP contribution < -0.4 is 10.1 Å². The van der Waals surface area contributed by atoms with Crippen molar-refractivity contribution in [2.45, 2.75) is 29.8 Å². The summed E-state index contributed by atoms with van der Waals surface area (Å²) in [6.45, 7) is 1.86. The van der Waals surface area contributed by atoms with Gasteiger partial charge in [0.25, 0.3) is 0 Å². The fraction of sp³-hybridized carbons (Fsp3) is 0.400. The van der Waals surface area contributed by atoms with Crippen LogP contribution in [0.15, 0.2) is 53.5 Å². The van der Waals surface area contributed by atoms with Gasteiger partial charge >= 0.3 is 0 Å². The first-order valence-corrected chi connectivity index (χ1v) is 10.7. The molecule has 1 spiro atoms. The summed E-state index contributed by atoms with van der Waals surface area (Å²) >= 11 is 0. The SMILES string of the molecule is CS(=O)(=O)c1ccc2c(c1)C(C1C=CC=CC1)=CC1(CCNCC1)O2. The largest absolute Gasteiger partial charge is 0.482 e. The second kappa shape index (κ2) is 6.15. The zero-order valence-electron chi connectivity index (χ0n) is 14.4. The van der Waals surface area contributed by atoms with Gasteiger partial charge in [0.15, 0.2) is 9.84 Å². The topological polar surface area (TPSA) is 55.4 Å². The van der Waals surface area contributed by atoms with Crippen LogP contribution in [0.25, 0.3) is 5.57 Å². The van der Waals surface area contributed by atoms with E-state index < -0.39 is 9.84 Å². The third-order valence-electron chi connectivity index (χ3n) is 5.25. The number of fused-ring (bicyclic) bond motifs is 1. The molecule has 0 aromatic heterocycles. The Morgan fingerprint density at radius 2 is 2.00 bits per heavy atom. The van der Waals surface area contributed by atoms with Crippen molar-refractivity contribution < 1.29 is 13.2 Å². The molecule has 4 rings (SSSR count). The van der Waals surface area contributed by atoms with Gasteiger partial charge in [-0.1, -0.05) is 24.3 Å². The summed E-state index contributed by atoms with van der Waals surface area (Å²) in [5, 5.41) is 3.39. The van der Waals surface area contributed by atoms with Crippen LogP contribution in [0.2, 0.25) is 0 Å². The molecule has 1 aliphatic carbocycles. The predicted molar refractivity (Wildman–Crippen MR) is 99.4 cm³/mol. The lowest BCUT2D eigenvalue weighted by molar-refractivity contribution is 0.0809. The smallest absolute Gasteiger partial charge is 0.175 e. The molecule has 5 heteroatoms. The summed E-state index contributed by atoms with van der Waals surface area (Å²) < 4.78 is 30.4. The van der Waals surface area contributed by atoms with E-state index in [1.807, 2.05) is 6.07 Å². The van der Waals surface area contributed by atoms with Crippen molar-refractivity contribution >= 4 is 15.4 Å². The third kappa shape index (κ3) is 3.18. The third-order valence-corrected chi connectivity index (χ3v) is 6.36. The molecule has 1 fully saturated rings. The van der Waals surface area contributed by atoms with E-state index in [0.29, 0.717) is 4.90 Å². The van der Waals surface area contributed by atoms with Gasteiger partial charge in [-0.3, -0.25) is 0 Å². The fourth-order valence-corrected chi connectivity index (χ4v) is 4.53. The lowest BCUT2D eigenvalue weighted by atomic mass is 9.79. The summed E-state index contributed by atoms with van der Waals surface area (Å²) in [5.41, 5.74) is 1.82. The molecule has 132 valence electrons.